The van der Waals surface area contributed by atoms with E-state index in [4.69, 9.17) is 0 Å². The van der Waals surface area contributed by atoms with Crippen molar-refractivity contribution in [2.75, 3.05) is 57.0 Å². The third-order valence-electron chi connectivity index (χ3n) is 4.01. The molecule has 0 radical (unpaired) electrons. The van der Waals surface area contributed by atoms with Crippen LogP contribution in [-0.2, 0) is 14.8 Å². The van der Waals surface area contributed by atoms with Crippen LogP contribution in [-0.4, -0.2) is 70.7 Å². The van der Waals surface area contributed by atoms with E-state index >= 15 is 0 Å². The molecule has 1 amide bonds. The number of carbonyl (C=O) groups is 1. The molecule has 1 aromatic carbocycles. The van der Waals surface area contributed by atoms with Gasteiger partial charge in [0.1, 0.15) is 5.75 Å². The van der Waals surface area contributed by atoms with Gasteiger partial charge in [0.15, 0.2) is 0 Å². The summed E-state index contributed by atoms with van der Waals surface area (Å²) in [4.78, 5) is 13.9. The number of nitrogens with zero attached hydrogens (tertiary/aromatic N) is 2. The molecule has 1 aliphatic rings. The summed E-state index contributed by atoms with van der Waals surface area (Å²) < 4.78 is 26.1. The third kappa shape index (κ3) is 5.19. The first kappa shape index (κ1) is 18.7. The molecule has 24 heavy (non-hydrogen) atoms. The molecule has 0 aromatic heterocycles. The van der Waals surface area contributed by atoms with Crippen molar-refractivity contribution < 1.29 is 13.2 Å². The Morgan fingerprint density at radius 1 is 1.17 bits per heavy atom. The number of anilines is 1. The summed E-state index contributed by atoms with van der Waals surface area (Å²) in [6.45, 7) is 5.14. The standard InChI is InChI=1S/C16H26N4O3S/c1-14-4-3-5-15(12-14)19-8-10-20(11-9-19)24(22,23)13-16(21)18-7-6-17-2/h3-5,12,17H,6-11,13H2,1-2H3,(H,18,21). The normalized spacial score (nSPS) is 16.2. The summed E-state index contributed by atoms with van der Waals surface area (Å²) >= 11 is 0. The molecule has 0 saturated carbocycles. The van der Waals surface area contributed by atoms with Gasteiger partial charge in [0.05, 0.1) is 0 Å². The highest BCUT2D eigenvalue weighted by molar-refractivity contribution is 7.89. The number of likely N-dealkylation sites (N-methyl/N-ethyl adjacent to an activating group) is 1. The van der Waals surface area contributed by atoms with Crippen LogP contribution in [0.15, 0.2) is 24.3 Å². The molecule has 1 aromatic rings. The molecule has 8 heteroatoms. The van der Waals surface area contributed by atoms with E-state index in [1.807, 2.05) is 25.1 Å². The summed E-state index contributed by atoms with van der Waals surface area (Å²) in [5, 5.41) is 5.50. The van der Waals surface area contributed by atoms with Crippen molar-refractivity contribution in [2.45, 2.75) is 6.92 Å². The molecule has 2 N–H and O–H groups in total. The number of sulfonamides is 1. The van der Waals surface area contributed by atoms with Gasteiger partial charge in [-0.25, -0.2) is 8.42 Å². The van der Waals surface area contributed by atoms with Crippen LogP contribution in [0, 0.1) is 6.92 Å². The second kappa shape index (κ2) is 8.46. The van der Waals surface area contributed by atoms with E-state index in [0.29, 0.717) is 39.3 Å². The van der Waals surface area contributed by atoms with Crippen LogP contribution < -0.4 is 15.5 Å². The first-order valence-corrected chi connectivity index (χ1v) is 9.74. The molecule has 1 heterocycles. The van der Waals surface area contributed by atoms with Crippen molar-refractivity contribution in [1.29, 1.82) is 0 Å². The molecule has 0 bridgehead atoms. The molecular weight excluding hydrogens is 328 g/mol. The lowest BCUT2D eigenvalue weighted by Crippen LogP contribution is -2.50. The molecule has 134 valence electrons. The summed E-state index contributed by atoms with van der Waals surface area (Å²) in [5.41, 5.74) is 2.29. The zero-order chi connectivity index (χ0) is 17.6. The molecule has 1 aliphatic heterocycles. The van der Waals surface area contributed by atoms with Gasteiger partial charge in [0.25, 0.3) is 0 Å². The fourth-order valence-corrected chi connectivity index (χ4v) is 4.02. The van der Waals surface area contributed by atoms with Crippen molar-refractivity contribution in [2.24, 2.45) is 0 Å². The average molecular weight is 354 g/mol. The molecule has 2 rings (SSSR count). The molecule has 1 fully saturated rings. The molecular formula is C16H26N4O3S. The van der Waals surface area contributed by atoms with Gasteiger partial charge in [0.2, 0.25) is 15.9 Å². The zero-order valence-electron chi connectivity index (χ0n) is 14.3. The number of nitrogens with one attached hydrogen (secondary N) is 2. The number of benzene rings is 1. The van der Waals surface area contributed by atoms with Crippen LogP contribution >= 0.6 is 0 Å². The number of aryl methyl sites for hydroxylation is 1. The Hall–Kier alpha value is -1.64. The SMILES string of the molecule is CNCCNC(=O)CS(=O)(=O)N1CCN(c2cccc(C)c2)CC1. The van der Waals surface area contributed by atoms with Gasteiger partial charge in [-0.3, -0.25) is 4.79 Å². The lowest BCUT2D eigenvalue weighted by molar-refractivity contribution is -0.118. The molecule has 0 unspecified atom stereocenters. The first-order valence-electron chi connectivity index (χ1n) is 8.13. The van der Waals surface area contributed by atoms with Crippen molar-refractivity contribution in [3.05, 3.63) is 29.8 Å². The van der Waals surface area contributed by atoms with Crippen LogP contribution in [0.3, 0.4) is 0 Å². The van der Waals surface area contributed by atoms with Gasteiger partial charge in [-0.05, 0) is 31.7 Å². The third-order valence-corrected chi connectivity index (χ3v) is 5.79. The Balaban J connectivity index is 1.87. The zero-order valence-corrected chi connectivity index (χ0v) is 15.1. The van der Waals surface area contributed by atoms with Gasteiger partial charge >= 0.3 is 0 Å². The minimum atomic E-state index is -3.56. The molecule has 0 spiro atoms. The summed E-state index contributed by atoms with van der Waals surface area (Å²) in [5.74, 6) is -0.937. The second-order valence-corrected chi connectivity index (χ2v) is 7.90. The Labute approximate surface area is 144 Å². The Morgan fingerprint density at radius 2 is 1.88 bits per heavy atom. The maximum Gasteiger partial charge on any atom is 0.236 e. The Kier molecular flexibility index (Phi) is 6.59. The minimum absolute atomic E-state index is 0.403. The van der Waals surface area contributed by atoms with Gasteiger partial charge in [-0.2, -0.15) is 4.31 Å². The lowest BCUT2D eigenvalue weighted by Gasteiger charge is -2.35. The van der Waals surface area contributed by atoms with Gasteiger partial charge in [-0.1, -0.05) is 12.1 Å². The van der Waals surface area contributed by atoms with E-state index in [2.05, 4.69) is 21.6 Å². The summed E-state index contributed by atoms with van der Waals surface area (Å²) in [6, 6.07) is 8.17. The molecule has 1 saturated heterocycles. The second-order valence-electron chi connectivity index (χ2n) is 5.93. The van der Waals surface area contributed by atoms with E-state index in [9.17, 15) is 13.2 Å². The van der Waals surface area contributed by atoms with Crippen molar-refractivity contribution >= 4 is 21.6 Å². The maximum atomic E-state index is 12.4. The lowest BCUT2D eigenvalue weighted by atomic mass is 10.2. The highest BCUT2D eigenvalue weighted by atomic mass is 32.2. The molecule has 0 aliphatic carbocycles. The summed E-state index contributed by atoms with van der Waals surface area (Å²) in [6.07, 6.45) is 0. The quantitative estimate of drug-likeness (QED) is 0.662. The number of amides is 1. The van der Waals surface area contributed by atoms with Gasteiger partial charge in [-0.15, -0.1) is 0 Å². The monoisotopic (exact) mass is 354 g/mol. The topological polar surface area (TPSA) is 81.7 Å². The highest BCUT2D eigenvalue weighted by Crippen LogP contribution is 2.18. The average Bonchev–Trinajstić information content (AvgIpc) is 2.55. The fourth-order valence-electron chi connectivity index (χ4n) is 2.68. The predicted octanol–water partition coefficient (Wildman–Crippen LogP) is -0.218. The van der Waals surface area contributed by atoms with Crippen LogP contribution in [0.4, 0.5) is 5.69 Å². The maximum absolute atomic E-state index is 12.4. The minimum Gasteiger partial charge on any atom is -0.369 e. The van der Waals surface area contributed by atoms with Gasteiger partial charge < -0.3 is 15.5 Å². The molecule has 7 nitrogen and oxygen atoms in total. The fraction of sp³-hybridized carbons (Fsp3) is 0.562. The smallest absolute Gasteiger partial charge is 0.236 e. The number of carbonyl (C=O) groups excluding carboxylic acids is 1. The number of hydrogen-bond acceptors (Lipinski definition) is 5. The van der Waals surface area contributed by atoms with Crippen LogP contribution in [0.2, 0.25) is 0 Å². The van der Waals surface area contributed by atoms with Crippen LogP contribution in [0.25, 0.3) is 0 Å². The van der Waals surface area contributed by atoms with Gasteiger partial charge in [0, 0.05) is 45.0 Å². The number of rotatable bonds is 7. The number of hydrogen-bond donors (Lipinski definition) is 2. The summed E-state index contributed by atoms with van der Waals surface area (Å²) in [7, 11) is -1.78. The van der Waals surface area contributed by atoms with E-state index in [-0.39, 0.29) is 0 Å². The van der Waals surface area contributed by atoms with E-state index < -0.39 is 21.7 Å². The largest absolute Gasteiger partial charge is 0.369 e. The van der Waals surface area contributed by atoms with Crippen LogP contribution in [0.5, 0.6) is 0 Å². The van der Waals surface area contributed by atoms with Crippen molar-refractivity contribution in [3.8, 4) is 0 Å². The van der Waals surface area contributed by atoms with Crippen molar-refractivity contribution in [3.63, 3.8) is 0 Å². The number of piperazine rings is 1. The Bertz CT molecular complexity index is 655. The van der Waals surface area contributed by atoms with E-state index in [0.717, 1.165) is 5.69 Å². The van der Waals surface area contributed by atoms with Crippen LogP contribution in [0.1, 0.15) is 5.56 Å². The highest BCUT2D eigenvalue weighted by Gasteiger charge is 2.28. The van der Waals surface area contributed by atoms with E-state index in [1.165, 1.54) is 9.87 Å². The van der Waals surface area contributed by atoms with Crippen molar-refractivity contribution in [1.82, 2.24) is 14.9 Å². The Morgan fingerprint density at radius 3 is 2.50 bits per heavy atom. The predicted molar refractivity (Wildman–Crippen MR) is 95.7 cm³/mol. The first-order chi connectivity index (χ1) is 11.4. The van der Waals surface area contributed by atoms with E-state index in [1.54, 1.807) is 7.05 Å². The molecule has 0 atom stereocenters.